The summed E-state index contributed by atoms with van der Waals surface area (Å²) in [6.45, 7) is 0. The highest BCUT2D eigenvalue weighted by Crippen LogP contribution is 2.02. The maximum Gasteiger partial charge on any atom is 0.147 e. The molecule has 0 aromatic rings. The largest absolute Gasteiger partial charge is 0.193 e. The third kappa shape index (κ3) is 2.36. The lowest BCUT2D eigenvalue weighted by molar-refractivity contribution is 1.42. The van der Waals surface area contributed by atoms with Gasteiger partial charge in [0, 0.05) is 6.08 Å². The number of hydrogen-bond acceptors (Lipinski definition) is 4. The first-order valence-corrected chi connectivity index (χ1v) is 2.81. The highest BCUT2D eigenvalue weighted by Gasteiger charge is 1.99. The van der Waals surface area contributed by atoms with Gasteiger partial charge >= 0.3 is 0 Å². The molecule has 0 atom stereocenters. The smallest absolute Gasteiger partial charge is 0.147 e. The molecule has 0 aromatic carbocycles. The molecule has 12 heavy (non-hydrogen) atoms. The molecule has 0 N–H and O–H groups in total. The minimum absolute atomic E-state index is 0.0958. The van der Waals surface area contributed by atoms with E-state index in [1.165, 1.54) is 0 Å². The molecular weight excluding hydrogens is 152 g/mol. The Kier molecular flexibility index (Phi) is 4.12. The predicted molar refractivity (Wildman–Crippen MR) is 38.6 cm³/mol. The van der Waals surface area contributed by atoms with Gasteiger partial charge in [0.05, 0.1) is 11.6 Å². The van der Waals surface area contributed by atoms with Crippen molar-refractivity contribution in [1.29, 1.82) is 21.0 Å². The van der Waals surface area contributed by atoms with Gasteiger partial charge in [0.1, 0.15) is 23.8 Å². The first kappa shape index (κ1) is 9.44. The second-order valence-corrected chi connectivity index (χ2v) is 1.59. The van der Waals surface area contributed by atoms with E-state index in [1.54, 1.807) is 24.3 Å². The van der Waals surface area contributed by atoms with Crippen LogP contribution in [0.4, 0.5) is 0 Å². The van der Waals surface area contributed by atoms with Gasteiger partial charge in [0.15, 0.2) is 0 Å². The first-order valence-electron chi connectivity index (χ1n) is 2.81. The Hall–Kier alpha value is -2.56. The van der Waals surface area contributed by atoms with Crippen molar-refractivity contribution in [2.75, 3.05) is 0 Å². The van der Waals surface area contributed by atoms with E-state index < -0.39 is 0 Å². The zero-order valence-corrected chi connectivity index (χ0v) is 5.94. The zero-order chi connectivity index (χ0) is 9.40. The van der Waals surface area contributed by atoms with Crippen LogP contribution in [0.15, 0.2) is 23.3 Å². The SMILES string of the molecule is N#CC=CC(C#N)=C(C#N)C#N. The highest BCUT2D eigenvalue weighted by atomic mass is 14.3. The molecule has 0 aliphatic carbocycles. The molecule has 0 saturated heterocycles. The second-order valence-electron chi connectivity index (χ2n) is 1.59. The van der Waals surface area contributed by atoms with E-state index in [0.717, 1.165) is 12.2 Å². The van der Waals surface area contributed by atoms with Crippen LogP contribution in [0.25, 0.3) is 0 Å². The Labute approximate surface area is 69.5 Å². The Bertz CT molecular complexity index is 371. The van der Waals surface area contributed by atoms with Crippen LogP contribution in [0.5, 0.6) is 0 Å². The minimum Gasteiger partial charge on any atom is -0.193 e. The van der Waals surface area contributed by atoms with Gasteiger partial charge in [-0.2, -0.15) is 21.0 Å². The molecule has 0 bridgehead atoms. The Morgan fingerprint density at radius 1 is 0.917 bits per heavy atom. The molecule has 54 valence electrons. The predicted octanol–water partition coefficient (Wildman–Crippen LogP) is 0.934. The summed E-state index contributed by atoms with van der Waals surface area (Å²) in [4.78, 5) is 0. The van der Waals surface area contributed by atoms with Crippen molar-refractivity contribution in [3.05, 3.63) is 23.3 Å². The van der Waals surface area contributed by atoms with Crippen LogP contribution in [-0.4, -0.2) is 0 Å². The third-order valence-electron chi connectivity index (χ3n) is 0.938. The highest BCUT2D eigenvalue weighted by molar-refractivity contribution is 5.51. The molecule has 0 heterocycles. The van der Waals surface area contributed by atoms with Crippen LogP contribution in [-0.2, 0) is 0 Å². The van der Waals surface area contributed by atoms with Gasteiger partial charge in [-0.05, 0) is 6.08 Å². The number of hydrogen-bond donors (Lipinski definition) is 0. The summed E-state index contributed by atoms with van der Waals surface area (Å²) in [7, 11) is 0. The average Bonchev–Trinajstić information content (AvgIpc) is 2.12. The molecule has 0 aliphatic rings. The fourth-order valence-corrected chi connectivity index (χ4v) is 0.443. The fourth-order valence-electron chi connectivity index (χ4n) is 0.443. The normalized spacial score (nSPS) is 7.33. The standard InChI is InChI=1S/C8H2N4/c9-3-1-2-7(4-10)8(5-11)6-12/h1-2H. The van der Waals surface area contributed by atoms with Gasteiger partial charge in [-0.1, -0.05) is 0 Å². The van der Waals surface area contributed by atoms with E-state index in [4.69, 9.17) is 21.0 Å². The number of allylic oxidation sites excluding steroid dienone is 4. The van der Waals surface area contributed by atoms with Crippen molar-refractivity contribution in [1.82, 2.24) is 0 Å². The fraction of sp³-hybridized carbons (Fsp3) is 0. The average molecular weight is 154 g/mol. The summed E-state index contributed by atoms with van der Waals surface area (Å²) in [5, 5.41) is 33.2. The van der Waals surface area contributed by atoms with E-state index >= 15 is 0 Å². The van der Waals surface area contributed by atoms with Gasteiger partial charge in [-0.3, -0.25) is 0 Å². The Morgan fingerprint density at radius 3 is 1.83 bits per heavy atom. The number of nitrogens with zero attached hydrogens (tertiary/aromatic N) is 4. The van der Waals surface area contributed by atoms with E-state index in [2.05, 4.69) is 0 Å². The maximum atomic E-state index is 8.41. The lowest BCUT2D eigenvalue weighted by Gasteiger charge is -1.82. The van der Waals surface area contributed by atoms with Crippen LogP contribution >= 0.6 is 0 Å². The molecule has 0 fully saturated rings. The second kappa shape index (κ2) is 5.24. The summed E-state index contributed by atoms with van der Waals surface area (Å²) < 4.78 is 0. The summed E-state index contributed by atoms with van der Waals surface area (Å²) in [5.41, 5.74) is -0.384. The molecule has 0 rings (SSSR count). The van der Waals surface area contributed by atoms with Gasteiger partial charge in [-0.25, -0.2) is 0 Å². The molecule has 0 aromatic heterocycles. The summed E-state index contributed by atoms with van der Waals surface area (Å²) in [6.07, 6.45) is 2.16. The monoisotopic (exact) mass is 154 g/mol. The zero-order valence-electron chi connectivity index (χ0n) is 5.94. The molecule has 0 amide bonds. The molecule has 0 aliphatic heterocycles. The molecule has 0 saturated carbocycles. The van der Waals surface area contributed by atoms with Crippen LogP contribution in [0, 0.1) is 45.3 Å². The molecular formula is C8H2N4. The topological polar surface area (TPSA) is 95.2 Å². The van der Waals surface area contributed by atoms with Crippen molar-refractivity contribution < 1.29 is 0 Å². The lowest BCUT2D eigenvalue weighted by atomic mass is 10.1. The number of nitriles is 4. The first-order chi connectivity index (χ1) is 5.79. The van der Waals surface area contributed by atoms with Crippen LogP contribution in [0.2, 0.25) is 0 Å². The van der Waals surface area contributed by atoms with Gasteiger partial charge in [0.2, 0.25) is 0 Å². The van der Waals surface area contributed by atoms with Crippen LogP contribution in [0.1, 0.15) is 0 Å². The maximum absolute atomic E-state index is 8.41. The molecule has 4 nitrogen and oxygen atoms in total. The lowest BCUT2D eigenvalue weighted by Crippen LogP contribution is -1.80. The molecule has 0 spiro atoms. The van der Waals surface area contributed by atoms with Crippen molar-refractivity contribution in [3.63, 3.8) is 0 Å². The summed E-state index contributed by atoms with van der Waals surface area (Å²) in [6, 6.07) is 6.38. The summed E-state index contributed by atoms with van der Waals surface area (Å²) >= 11 is 0. The molecule has 0 unspecified atom stereocenters. The summed E-state index contributed by atoms with van der Waals surface area (Å²) in [5.74, 6) is 0. The minimum atomic E-state index is -0.288. The Morgan fingerprint density at radius 2 is 1.50 bits per heavy atom. The Balaban J connectivity index is 5.11. The van der Waals surface area contributed by atoms with Crippen LogP contribution in [0.3, 0.4) is 0 Å². The molecule has 0 radical (unpaired) electrons. The van der Waals surface area contributed by atoms with E-state index in [-0.39, 0.29) is 11.1 Å². The van der Waals surface area contributed by atoms with Crippen molar-refractivity contribution in [2.24, 2.45) is 0 Å². The van der Waals surface area contributed by atoms with E-state index in [9.17, 15) is 0 Å². The quantitative estimate of drug-likeness (QED) is 0.414. The third-order valence-corrected chi connectivity index (χ3v) is 0.938. The van der Waals surface area contributed by atoms with Crippen molar-refractivity contribution in [3.8, 4) is 24.3 Å². The number of rotatable bonds is 1. The van der Waals surface area contributed by atoms with Crippen molar-refractivity contribution >= 4 is 0 Å². The van der Waals surface area contributed by atoms with Gasteiger partial charge < -0.3 is 0 Å². The van der Waals surface area contributed by atoms with E-state index in [0.29, 0.717) is 0 Å². The van der Waals surface area contributed by atoms with Crippen LogP contribution < -0.4 is 0 Å². The van der Waals surface area contributed by atoms with Gasteiger partial charge in [0.25, 0.3) is 0 Å². The van der Waals surface area contributed by atoms with Gasteiger partial charge in [-0.15, -0.1) is 0 Å². The molecule has 4 heteroatoms. The van der Waals surface area contributed by atoms with Crippen molar-refractivity contribution in [2.45, 2.75) is 0 Å². The van der Waals surface area contributed by atoms with E-state index in [1.807, 2.05) is 0 Å².